The van der Waals surface area contributed by atoms with E-state index in [4.69, 9.17) is 0 Å². The zero-order chi connectivity index (χ0) is 17.8. The molecule has 3 aromatic rings. The van der Waals surface area contributed by atoms with Crippen LogP contribution in [0, 0.1) is 0 Å². The van der Waals surface area contributed by atoms with Gasteiger partial charge < -0.3 is 4.90 Å². The van der Waals surface area contributed by atoms with E-state index < -0.39 is 0 Å². The van der Waals surface area contributed by atoms with Gasteiger partial charge >= 0.3 is 0 Å². The van der Waals surface area contributed by atoms with E-state index in [9.17, 15) is 4.79 Å². The van der Waals surface area contributed by atoms with Crippen LogP contribution >= 0.6 is 0 Å². The number of fused-ring (bicyclic) bond motifs is 1. The average Bonchev–Trinajstić information content (AvgIpc) is 2.65. The number of hydrogen-bond donors (Lipinski definition) is 1. The summed E-state index contributed by atoms with van der Waals surface area (Å²) in [5.74, 6) is -0.217. The second-order valence-electron chi connectivity index (χ2n) is 6.14. The van der Waals surface area contributed by atoms with Crippen molar-refractivity contribution in [2.75, 3.05) is 19.0 Å². The summed E-state index contributed by atoms with van der Waals surface area (Å²) in [5.41, 5.74) is 6.02. The molecule has 0 bridgehead atoms. The third-order valence-corrected chi connectivity index (χ3v) is 4.14. The molecule has 4 nitrogen and oxygen atoms in total. The molecular weight excluding hydrogens is 310 g/mol. The minimum Gasteiger partial charge on any atom is -0.378 e. The Labute approximate surface area is 147 Å². The highest BCUT2D eigenvalue weighted by Gasteiger charge is 2.06. The first-order chi connectivity index (χ1) is 12.0. The minimum absolute atomic E-state index is 0.217. The Morgan fingerprint density at radius 1 is 0.880 bits per heavy atom. The first-order valence-electron chi connectivity index (χ1n) is 8.16. The molecule has 1 N–H and O–H groups in total. The molecule has 126 valence electrons. The van der Waals surface area contributed by atoms with Gasteiger partial charge in [0.25, 0.3) is 5.91 Å². The molecule has 0 unspecified atom stereocenters. The fourth-order valence-corrected chi connectivity index (χ4v) is 2.59. The Hall–Kier alpha value is -3.14. The summed E-state index contributed by atoms with van der Waals surface area (Å²) >= 11 is 0. The molecule has 0 fully saturated rings. The van der Waals surface area contributed by atoms with Crippen LogP contribution in [0.3, 0.4) is 0 Å². The second kappa shape index (κ2) is 7.18. The van der Waals surface area contributed by atoms with Crippen molar-refractivity contribution in [1.82, 2.24) is 5.43 Å². The lowest BCUT2D eigenvalue weighted by atomic mass is 10.0. The standard InChI is InChI=1S/C21H21N3O/c1-15(18-9-8-16-6-4-5-7-19(16)14-18)22-23-21(25)17-10-12-20(13-11-17)24(2)3/h4-14H,1-3H3,(H,23,25)/b22-15+. The Balaban J connectivity index is 1.74. The number of amides is 1. The van der Waals surface area contributed by atoms with Gasteiger partial charge in [-0.05, 0) is 53.6 Å². The van der Waals surface area contributed by atoms with Gasteiger partial charge in [-0.2, -0.15) is 5.10 Å². The molecule has 0 saturated heterocycles. The van der Waals surface area contributed by atoms with Crippen LogP contribution in [0.1, 0.15) is 22.8 Å². The normalized spacial score (nSPS) is 11.4. The zero-order valence-electron chi connectivity index (χ0n) is 14.7. The summed E-state index contributed by atoms with van der Waals surface area (Å²) in [4.78, 5) is 14.2. The van der Waals surface area contributed by atoms with E-state index in [1.807, 2.05) is 56.3 Å². The zero-order valence-corrected chi connectivity index (χ0v) is 14.7. The van der Waals surface area contributed by atoms with Crippen LogP contribution in [0.2, 0.25) is 0 Å². The van der Waals surface area contributed by atoms with E-state index in [2.05, 4.69) is 34.8 Å². The van der Waals surface area contributed by atoms with Gasteiger partial charge in [-0.3, -0.25) is 4.79 Å². The van der Waals surface area contributed by atoms with Crippen LogP contribution in [0.15, 0.2) is 71.8 Å². The molecule has 0 aliphatic carbocycles. The summed E-state index contributed by atoms with van der Waals surface area (Å²) in [6, 6.07) is 21.7. The number of carbonyl (C=O) groups is 1. The number of hydrogen-bond acceptors (Lipinski definition) is 3. The van der Waals surface area contributed by atoms with Crippen LogP contribution in [0.5, 0.6) is 0 Å². The molecular formula is C21H21N3O. The third-order valence-electron chi connectivity index (χ3n) is 4.14. The fourth-order valence-electron chi connectivity index (χ4n) is 2.59. The number of nitrogens with zero attached hydrogens (tertiary/aromatic N) is 2. The van der Waals surface area contributed by atoms with Gasteiger partial charge in [-0.25, -0.2) is 5.43 Å². The lowest BCUT2D eigenvalue weighted by Crippen LogP contribution is -2.19. The molecule has 0 radical (unpaired) electrons. The van der Waals surface area contributed by atoms with E-state index >= 15 is 0 Å². The van der Waals surface area contributed by atoms with E-state index in [0.29, 0.717) is 5.56 Å². The molecule has 0 heterocycles. The smallest absolute Gasteiger partial charge is 0.271 e. The molecule has 0 aliphatic heterocycles. The Kier molecular flexibility index (Phi) is 4.80. The average molecular weight is 331 g/mol. The molecule has 0 atom stereocenters. The highest BCUT2D eigenvalue weighted by molar-refractivity contribution is 6.03. The predicted molar refractivity (Wildman–Crippen MR) is 104 cm³/mol. The molecule has 4 heteroatoms. The van der Waals surface area contributed by atoms with Crippen molar-refractivity contribution >= 4 is 28.1 Å². The second-order valence-corrected chi connectivity index (χ2v) is 6.14. The van der Waals surface area contributed by atoms with Crippen LogP contribution in [0.25, 0.3) is 10.8 Å². The van der Waals surface area contributed by atoms with E-state index in [1.165, 1.54) is 5.39 Å². The minimum atomic E-state index is -0.217. The van der Waals surface area contributed by atoms with Gasteiger partial charge in [0.05, 0.1) is 5.71 Å². The van der Waals surface area contributed by atoms with Gasteiger partial charge in [0, 0.05) is 25.3 Å². The molecule has 0 aromatic heterocycles. The van der Waals surface area contributed by atoms with Crippen LogP contribution in [0.4, 0.5) is 5.69 Å². The van der Waals surface area contributed by atoms with Gasteiger partial charge in [0.2, 0.25) is 0 Å². The highest BCUT2D eigenvalue weighted by Crippen LogP contribution is 2.16. The van der Waals surface area contributed by atoms with E-state index in [1.54, 1.807) is 12.1 Å². The van der Waals surface area contributed by atoms with Crippen molar-refractivity contribution in [1.29, 1.82) is 0 Å². The van der Waals surface area contributed by atoms with Crippen molar-refractivity contribution in [3.63, 3.8) is 0 Å². The van der Waals surface area contributed by atoms with Crippen molar-refractivity contribution < 1.29 is 4.79 Å². The maximum Gasteiger partial charge on any atom is 0.271 e. The van der Waals surface area contributed by atoms with Crippen molar-refractivity contribution in [3.8, 4) is 0 Å². The number of carbonyl (C=O) groups excluding carboxylic acids is 1. The van der Waals surface area contributed by atoms with Gasteiger partial charge in [-0.1, -0.05) is 36.4 Å². The molecule has 0 spiro atoms. The number of anilines is 1. The number of nitrogens with one attached hydrogen (secondary N) is 1. The lowest BCUT2D eigenvalue weighted by molar-refractivity contribution is 0.0955. The molecule has 1 amide bonds. The maximum atomic E-state index is 12.2. The Morgan fingerprint density at radius 2 is 1.52 bits per heavy atom. The predicted octanol–water partition coefficient (Wildman–Crippen LogP) is 4.06. The Morgan fingerprint density at radius 3 is 2.20 bits per heavy atom. The number of hydrazone groups is 1. The molecule has 3 rings (SSSR count). The van der Waals surface area contributed by atoms with E-state index in [0.717, 1.165) is 22.3 Å². The first-order valence-corrected chi connectivity index (χ1v) is 8.16. The monoisotopic (exact) mass is 331 g/mol. The third kappa shape index (κ3) is 3.86. The van der Waals surface area contributed by atoms with Crippen molar-refractivity contribution in [3.05, 3.63) is 77.9 Å². The Bertz CT molecular complexity index is 927. The lowest BCUT2D eigenvalue weighted by Gasteiger charge is -2.12. The molecule has 3 aromatic carbocycles. The largest absolute Gasteiger partial charge is 0.378 e. The number of rotatable bonds is 4. The summed E-state index contributed by atoms with van der Waals surface area (Å²) in [6.07, 6.45) is 0. The highest BCUT2D eigenvalue weighted by atomic mass is 16.2. The molecule has 0 aliphatic rings. The van der Waals surface area contributed by atoms with Crippen LogP contribution in [-0.4, -0.2) is 25.7 Å². The first kappa shape index (κ1) is 16.7. The van der Waals surface area contributed by atoms with Crippen molar-refractivity contribution in [2.45, 2.75) is 6.92 Å². The summed E-state index contributed by atoms with van der Waals surface area (Å²) < 4.78 is 0. The van der Waals surface area contributed by atoms with Gasteiger partial charge in [0.15, 0.2) is 0 Å². The molecule has 0 saturated carbocycles. The summed E-state index contributed by atoms with van der Waals surface area (Å²) in [6.45, 7) is 1.89. The summed E-state index contributed by atoms with van der Waals surface area (Å²) in [7, 11) is 3.93. The van der Waals surface area contributed by atoms with Crippen LogP contribution in [-0.2, 0) is 0 Å². The van der Waals surface area contributed by atoms with Crippen molar-refractivity contribution in [2.24, 2.45) is 5.10 Å². The quantitative estimate of drug-likeness (QED) is 0.579. The summed E-state index contributed by atoms with van der Waals surface area (Å²) in [5, 5.41) is 6.58. The molecule has 25 heavy (non-hydrogen) atoms. The van der Waals surface area contributed by atoms with Gasteiger partial charge in [0.1, 0.15) is 0 Å². The van der Waals surface area contributed by atoms with E-state index in [-0.39, 0.29) is 5.91 Å². The van der Waals surface area contributed by atoms with Gasteiger partial charge in [-0.15, -0.1) is 0 Å². The fraction of sp³-hybridized carbons (Fsp3) is 0.143. The van der Waals surface area contributed by atoms with Crippen LogP contribution < -0.4 is 10.3 Å². The maximum absolute atomic E-state index is 12.2. The SMILES string of the molecule is C/C(=N\NC(=O)c1ccc(N(C)C)cc1)c1ccc2ccccc2c1. The topological polar surface area (TPSA) is 44.7 Å². The number of benzene rings is 3.